The zero-order valence-corrected chi connectivity index (χ0v) is 12.2. The molecule has 3 heteroatoms. The SMILES string of the molecule is COCC1CCCN(CC2CCC(C)(C)C2O)C1. The smallest absolute Gasteiger partial charge is 0.0631 e. The summed E-state index contributed by atoms with van der Waals surface area (Å²) >= 11 is 0. The summed E-state index contributed by atoms with van der Waals surface area (Å²) in [5, 5.41) is 10.4. The largest absolute Gasteiger partial charge is 0.392 e. The van der Waals surface area contributed by atoms with E-state index in [1.807, 2.05) is 0 Å². The lowest BCUT2D eigenvalue weighted by molar-refractivity contribution is 0.0209. The maximum atomic E-state index is 10.4. The molecule has 0 aromatic heterocycles. The number of methoxy groups -OCH3 is 1. The molecule has 1 N–H and O–H groups in total. The molecule has 18 heavy (non-hydrogen) atoms. The molecule has 1 heterocycles. The molecule has 1 saturated heterocycles. The van der Waals surface area contributed by atoms with Gasteiger partial charge in [-0.05, 0) is 49.5 Å². The van der Waals surface area contributed by atoms with Crippen molar-refractivity contribution in [2.24, 2.45) is 17.3 Å². The monoisotopic (exact) mass is 255 g/mol. The van der Waals surface area contributed by atoms with Crippen molar-refractivity contribution in [1.82, 2.24) is 4.90 Å². The number of likely N-dealkylation sites (tertiary alicyclic amines) is 1. The van der Waals surface area contributed by atoms with Gasteiger partial charge in [0.1, 0.15) is 0 Å². The maximum absolute atomic E-state index is 10.4. The number of ether oxygens (including phenoxy) is 1. The molecular formula is C15H29NO2. The van der Waals surface area contributed by atoms with E-state index < -0.39 is 0 Å². The number of hydrogen-bond donors (Lipinski definition) is 1. The van der Waals surface area contributed by atoms with Crippen molar-refractivity contribution in [1.29, 1.82) is 0 Å². The second kappa shape index (κ2) is 5.89. The predicted molar refractivity (Wildman–Crippen MR) is 73.6 cm³/mol. The second-order valence-corrected chi connectivity index (χ2v) is 6.96. The molecule has 0 aromatic rings. The molecule has 1 aliphatic carbocycles. The van der Waals surface area contributed by atoms with Gasteiger partial charge in [-0.2, -0.15) is 0 Å². The highest BCUT2D eigenvalue weighted by atomic mass is 16.5. The van der Waals surface area contributed by atoms with Gasteiger partial charge in [0, 0.05) is 20.2 Å². The van der Waals surface area contributed by atoms with Crippen LogP contribution in [0.5, 0.6) is 0 Å². The molecule has 3 atom stereocenters. The van der Waals surface area contributed by atoms with Crippen LogP contribution < -0.4 is 0 Å². The van der Waals surface area contributed by atoms with Gasteiger partial charge in [0.2, 0.25) is 0 Å². The lowest BCUT2D eigenvalue weighted by Crippen LogP contribution is -2.42. The first-order valence-electron chi connectivity index (χ1n) is 7.42. The molecule has 2 aliphatic rings. The van der Waals surface area contributed by atoms with E-state index >= 15 is 0 Å². The van der Waals surface area contributed by atoms with Gasteiger partial charge in [0.15, 0.2) is 0 Å². The van der Waals surface area contributed by atoms with Crippen molar-refractivity contribution in [2.75, 3.05) is 33.4 Å². The van der Waals surface area contributed by atoms with E-state index in [1.54, 1.807) is 7.11 Å². The Kier molecular flexibility index (Phi) is 4.68. The molecule has 106 valence electrons. The van der Waals surface area contributed by atoms with Gasteiger partial charge in [-0.1, -0.05) is 13.8 Å². The van der Waals surface area contributed by atoms with Crippen molar-refractivity contribution in [3.05, 3.63) is 0 Å². The van der Waals surface area contributed by atoms with Gasteiger partial charge in [-0.3, -0.25) is 0 Å². The molecule has 1 saturated carbocycles. The lowest BCUT2D eigenvalue weighted by atomic mass is 9.87. The van der Waals surface area contributed by atoms with Crippen molar-refractivity contribution < 1.29 is 9.84 Å². The van der Waals surface area contributed by atoms with Gasteiger partial charge in [-0.25, -0.2) is 0 Å². The number of rotatable bonds is 4. The summed E-state index contributed by atoms with van der Waals surface area (Å²) in [6.07, 6.45) is 4.79. The second-order valence-electron chi connectivity index (χ2n) is 6.96. The summed E-state index contributed by atoms with van der Waals surface area (Å²) in [6, 6.07) is 0. The molecule has 0 spiro atoms. The topological polar surface area (TPSA) is 32.7 Å². The predicted octanol–water partition coefficient (Wildman–Crippen LogP) is 2.14. The van der Waals surface area contributed by atoms with Gasteiger partial charge in [-0.15, -0.1) is 0 Å². The highest BCUT2D eigenvalue weighted by molar-refractivity contribution is 4.92. The third-order valence-corrected chi connectivity index (χ3v) is 4.90. The molecular weight excluding hydrogens is 226 g/mol. The molecule has 0 aromatic carbocycles. The quantitative estimate of drug-likeness (QED) is 0.835. The van der Waals surface area contributed by atoms with Crippen LogP contribution in [0, 0.1) is 17.3 Å². The fourth-order valence-electron chi connectivity index (χ4n) is 3.71. The van der Waals surface area contributed by atoms with Gasteiger partial charge >= 0.3 is 0 Å². The van der Waals surface area contributed by atoms with Crippen LogP contribution in [-0.4, -0.2) is 49.5 Å². The Morgan fingerprint density at radius 3 is 2.72 bits per heavy atom. The van der Waals surface area contributed by atoms with Crippen molar-refractivity contribution >= 4 is 0 Å². The van der Waals surface area contributed by atoms with Crippen LogP contribution in [0.3, 0.4) is 0 Å². The fourth-order valence-corrected chi connectivity index (χ4v) is 3.71. The first kappa shape index (κ1) is 14.3. The minimum absolute atomic E-state index is 0.117. The summed E-state index contributed by atoms with van der Waals surface area (Å²) in [6.45, 7) is 8.70. The van der Waals surface area contributed by atoms with Crippen LogP contribution in [-0.2, 0) is 4.74 Å². The normalized spacial score (nSPS) is 37.0. The van der Waals surface area contributed by atoms with Gasteiger partial charge in [0.05, 0.1) is 12.7 Å². The van der Waals surface area contributed by atoms with Gasteiger partial charge < -0.3 is 14.7 Å². The van der Waals surface area contributed by atoms with E-state index in [4.69, 9.17) is 4.74 Å². The Bertz CT molecular complexity index is 265. The molecule has 2 rings (SSSR count). The number of aliphatic hydroxyl groups excluding tert-OH is 1. The highest BCUT2D eigenvalue weighted by Gasteiger charge is 2.41. The number of piperidine rings is 1. The molecule has 3 unspecified atom stereocenters. The first-order valence-corrected chi connectivity index (χ1v) is 7.42. The van der Waals surface area contributed by atoms with Crippen molar-refractivity contribution in [2.45, 2.75) is 45.6 Å². The fraction of sp³-hybridized carbons (Fsp3) is 1.00. The zero-order valence-electron chi connectivity index (χ0n) is 12.2. The zero-order chi connectivity index (χ0) is 13.2. The van der Waals surface area contributed by atoms with Crippen LogP contribution >= 0.6 is 0 Å². The summed E-state index contributed by atoms with van der Waals surface area (Å²) < 4.78 is 5.28. The maximum Gasteiger partial charge on any atom is 0.0631 e. The number of aliphatic hydroxyl groups is 1. The van der Waals surface area contributed by atoms with Crippen LogP contribution in [0.4, 0.5) is 0 Å². The van der Waals surface area contributed by atoms with Crippen LogP contribution in [0.1, 0.15) is 39.5 Å². The minimum atomic E-state index is -0.125. The summed E-state index contributed by atoms with van der Waals surface area (Å²) in [7, 11) is 1.79. The molecule has 1 aliphatic heterocycles. The Labute approximate surface area is 112 Å². The third-order valence-electron chi connectivity index (χ3n) is 4.90. The molecule has 2 fully saturated rings. The average molecular weight is 255 g/mol. The lowest BCUT2D eigenvalue weighted by Gasteiger charge is -2.35. The standard InChI is InChI=1S/C15H29NO2/c1-15(2)7-6-13(14(15)17)10-16-8-4-5-12(9-16)11-18-3/h12-14,17H,4-11H2,1-3H3. The van der Waals surface area contributed by atoms with Crippen LogP contribution in [0.25, 0.3) is 0 Å². The molecule has 3 nitrogen and oxygen atoms in total. The van der Waals surface area contributed by atoms with E-state index in [0.29, 0.717) is 11.8 Å². The third kappa shape index (κ3) is 3.25. The Morgan fingerprint density at radius 1 is 1.33 bits per heavy atom. The average Bonchev–Trinajstić information content (AvgIpc) is 2.57. The number of hydrogen-bond acceptors (Lipinski definition) is 3. The summed E-state index contributed by atoms with van der Waals surface area (Å²) in [5.74, 6) is 1.16. The van der Waals surface area contributed by atoms with Crippen LogP contribution in [0.2, 0.25) is 0 Å². The molecule has 0 amide bonds. The molecule has 0 bridgehead atoms. The van der Waals surface area contributed by atoms with E-state index in [1.165, 1.54) is 25.8 Å². The van der Waals surface area contributed by atoms with Gasteiger partial charge in [0.25, 0.3) is 0 Å². The molecule has 0 radical (unpaired) electrons. The highest BCUT2D eigenvalue weighted by Crippen LogP contribution is 2.41. The number of nitrogens with zero attached hydrogens (tertiary/aromatic N) is 1. The van der Waals surface area contributed by atoms with E-state index in [9.17, 15) is 5.11 Å². The Morgan fingerprint density at radius 2 is 2.11 bits per heavy atom. The minimum Gasteiger partial charge on any atom is -0.392 e. The summed E-state index contributed by atoms with van der Waals surface area (Å²) in [4.78, 5) is 2.54. The van der Waals surface area contributed by atoms with E-state index in [-0.39, 0.29) is 11.5 Å². The summed E-state index contributed by atoms with van der Waals surface area (Å²) in [5.41, 5.74) is 0.117. The van der Waals surface area contributed by atoms with E-state index in [2.05, 4.69) is 18.7 Å². The van der Waals surface area contributed by atoms with Crippen LogP contribution in [0.15, 0.2) is 0 Å². The van der Waals surface area contributed by atoms with E-state index in [0.717, 1.165) is 26.1 Å². The first-order chi connectivity index (χ1) is 8.53. The van der Waals surface area contributed by atoms with Crippen molar-refractivity contribution in [3.63, 3.8) is 0 Å². The Balaban J connectivity index is 1.83. The Hall–Kier alpha value is -0.120. The van der Waals surface area contributed by atoms with Crippen molar-refractivity contribution in [3.8, 4) is 0 Å².